The number of fused-ring (bicyclic) bond motifs is 7. The predicted octanol–water partition coefficient (Wildman–Crippen LogP) is 13.7. The van der Waals surface area contributed by atoms with E-state index in [1.807, 2.05) is 72.0 Å². The van der Waals surface area contributed by atoms with Crippen molar-refractivity contribution in [1.82, 2.24) is 19.5 Å². The molecule has 56 heavy (non-hydrogen) atoms. The van der Waals surface area contributed by atoms with E-state index in [1.54, 1.807) is 0 Å². The molecule has 11 rings (SSSR count). The minimum absolute atomic E-state index is 0.638. The molecule has 0 aliphatic carbocycles. The SMILES string of the molecule is c1ccc(-c2ccc3c(c2)c2ccc4sc5c(-c6ccccc6)cccc5c4c2n3-c2ccc(-c3nc(-c4ccccc4)nc(-c4ccccc4)n3)cc2)cc1. The Hall–Kier alpha value is -7.21. The molecular weight excluding hydrogens is 701 g/mol. The molecule has 0 atom stereocenters. The van der Waals surface area contributed by atoms with Crippen LogP contribution in [0.4, 0.5) is 0 Å². The van der Waals surface area contributed by atoms with Gasteiger partial charge in [-0.2, -0.15) is 0 Å². The fourth-order valence-corrected chi connectivity index (χ4v) is 9.25. The van der Waals surface area contributed by atoms with Gasteiger partial charge in [0.2, 0.25) is 0 Å². The third-order valence-corrected chi connectivity index (χ3v) is 11.9. The average Bonchev–Trinajstić information content (AvgIpc) is 3.83. The lowest BCUT2D eigenvalue weighted by Crippen LogP contribution is -2.00. The Balaban J connectivity index is 1.13. The van der Waals surface area contributed by atoms with Crippen LogP contribution in [0, 0.1) is 0 Å². The maximum Gasteiger partial charge on any atom is 0.164 e. The van der Waals surface area contributed by atoms with Crippen molar-refractivity contribution in [2.75, 3.05) is 0 Å². The summed E-state index contributed by atoms with van der Waals surface area (Å²) in [7, 11) is 0. The van der Waals surface area contributed by atoms with Gasteiger partial charge in [0.15, 0.2) is 17.5 Å². The molecule has 3 aromatic heterocycles. The van der Waals surface area contributed by atoms with E-state index < -0.39 is 0 Å². The Morgan fingerprint density at radius 2 is 0.911 bits per heavy atom. The molecule has 4 nitrogen and oxygen atoms in total. The van der Waals surface area contributed by atoms with Gasteiger partial charge in [-0.25, -0.2) is 15.0 Å². The second-order valence-corrected chi connectivity index (χ2v) is 15.1. The number of hydrogen-bond acceptors (Lipinski definition) is 4. The lowest BCUT2D eigenvalue weighted by atomic mass is 10.0. The maximum absolute atomic E-state index is 5.00. The standard InChI is InChI=1S/C51H32N4S/c1-5-14-33(15-6-1)38-26-30-44-43(32-38)41-29-31-45-46(42-23-13-22-40(48(42)56-45)34-16-7-2-8-17-34)47(41)55(44)39-27-24-37(25-28-39)51-53-49(35-18-9-3-10-19-35)52-50(54-51)36-20-11-4-12-21-36/h1-32H. The van der Waals surface area contributed by atoms with Crippen LogP contribution in [0.5, 0.6) is 0 Å². The normalized spacial score (nSPS) is 11.6. The van der Waals surface area contributed by atoms with Gasteiger partial charge < -0.3 is 4.57 Å². The van der Waals surface area contributed by atoms with Crippen molar-refractivity contribution in [2.24, 2.45) is 0 Å². The largest absolute Gasteiger partial charge is 0.309 e. The summed E-state index contributed by atoms with van der Waals surface area (Å²) in [6.07, 6.45) is 0. The van der Waals surface area contributed by atoms with E-state index in [1.165, 1.54) is 58.7 Å². The molecule has 3 heterocycles. The van der Waals surface area contributed by atoms with E-state index in [0.717, 1.165) is 27.9 Å². The van der Waals surface area contributed by atoms with Crippen molar-refractivity contribution >= 4 is 53.3 Å². The van der Waals surface area contributed by atoms with Crippen molar-refractivity contribution in [3.05, 3.63) is 194 Å². The number of thiophene rings is 1. The summed E-state index contributed by atoms with van der Waals surface area (Å²) in [4.78, 5) is 14.9. The molecule has 0 spiro atoms. The number of benzene rings is 8. The van der Waals surface area contributed by atoms with Crippen molar-refractivity contribution in [3.8, 4) is 62.1 Å². The van der Waals surface area contributed by atoms with E-state index in [4.69, 9.17) is 15.0 Å². The highest BCUT2D eigenvalue weighted by molar-refractivity contribution is 7.26. The van der Waals surface area contributed by atoms with Gasteiger partial charge in [-0.1, -0.05) is 152 Å². The van der Waals surface area contributed by atoms with Gasteiger partial charge >= 0.3 is 0 Å². The van der Waals surface area contributed by atoms with Gasteiger partial charge in [0.05, 0.1) is 11.0 Å². The van der Waals surface area contributed by atoms with E-state index >= 15 is 0 Å². The van der Waals surface area contributed by atoms with E-state index in [9.17, 15) is 0 Å². The van der Waals surface area contributed by atoms with Crippen molar-refractivity contribution in [3.63, 3.8) is 0 Å². The molecule has 0 fully saturated rings. The summed E-state index contributed by atoms with van der Waals surface area (Å²) in [5, 5.41) is 5.01. The molecule has 0 saturated carbocycles. The van der Waals surface area contributed by atoms with Gasteiger partial charge in [-0.3, -0.25) is 0 Å². The zero-order valence-electron chi connectivity index (χ0n) is 30.2. The average molecular weight is 733 g/mol. The lowest BCUT2D eigenvalue weighted by molar-refractivity contribution is 1.07. The monoisotopic (exact) mass is 732 g/mol. The maximum atomic E-state index is 5.00. The fraction of sp³-hybridized carbons (Fsp3) is 0. The van der Waals surface area contributed by atoms with Crippen LogP contribution in [0.15, 0.2) is 194 Å². The minimum Gasteiger partial charge on any atom is -0.309 e. The van der Waals surface area contributed by atoms with Gasteiger partial charge in [-0.05, 0) is 64.7 Å². The Kier molecular flexibility index (Phi) is 7.64. The first-order valence-corrected chi connectivity index (χ1v) is 19.6. The number of rotatable bonds is 6. The second-order valence-electron chi connectivity index (χ2n) is 14.0. The molecule has 11 aromatic rings. The van der Waals surface area contributed by atoms with Crippen LogP contribution >= 0.6 is 11.3 Å². The number of hydrogen-bond donors (Lipinski definition) is 0. The minimum atomic E-state index is 0.638. The summed E-state index contributed by atoms with van der Waals surface area (Å²) in [6.45, 7) is 0. The van der Waals surface area contributed by atoms with E-state index in [2.05, 4.69) is 138 Å². The highest BCUT2D eigenvalue weighted by Gasteiger charge is 2.21. The van der Waals surface area contributed by atoms with Crippen LogP contribution < -0.4 is 0 Å². The summed E-state index contributed by atoms with van der Waals surface area (Å²) >= 11 is 1.87. The van der Waals surface area contributed by atoms with Crippen LogP contribution in [0.25, 0.3) is 104 Å². The summed E-state index contributed by atoms with van der Waals surface area (Å²) in [5.74, 6) is 1.94. The molecule has 0 N–H and O–H groups in total. The quantitative estimate of drug-likeness (QED) is 0.171. The van der Waals surface area contributed by atoms with Gasteiger partial charge in [0.25, 0.3) is 0 Å². The molecule has 0 unspecified atom stereocenters. The van der Waals surface area contributed by atoms with Crippen molar-refractivity contribution in [2.45, 2.75) is 0 Å². The summed E-state index contributed by atoms with van der Waals surface area (Å²) in [6, 6.07) is 68.6. The van der Waals surface area contributed by atoms with E-state index in [-0.39, 0.29) is 0 Å². The number of nitrogens with zero attached hydrogens (tertiary/aromatic N) is 4. The third-order valence-electron chi connectivity index (χ3n) is 10.7. The highest BCUT2D eigenvalue weighted by atomic mass is 32.1. The Labute approximate surface area is 327 Å². The Morgan fingerprint density at radius 1 is 0.375 bits per heavy atom. The van der Waals surface area contributed by atoms with Crippen LogP contribution in [-0.4, -0.2) is 19.5 Å². The molecule has 0 bridgehead atoms. The fourth-order valence-electron chi connectivity index (χ4n) is 8.01. The van der Waals surface area contributed by atoms with Crippen LogP contribution in [0.2, 0.25) is 0 Å². The topological polar surface area (TPSA) is 43.6 Å². The predicted molar refractivity (Wildman–Crippen MR) is 234 cm³/mol. The van der Waals surface area contributed by atoms with Crippen molar-refractivity contribution in [1.29, 1.82) is 0 Å². The zero-order valence-corrected chi connectivity index (χ0v) is 31.0. The zero-order chi connectivity index (χ0) is 37.0. The van der Waals surface area contributed by atoms with Crippen molar-refractivity contribution < 1.29 is 0 Å². The first kappa shape index (κ1) is 32.2. The molecule has 0 saturated heterocycles. The van der Waals surface area contributed by atoms with Gasteiger partial charge in [-0.15, -0.1) is 11.3 Å². The van der Waals surface area contributed by atoms with Crippen LogP contribution in [0.1, 0.15) is 0 Å². The molecule has 0 radical (unpaired) electrons. The highest BCUT2D eigenvalue weighted by Crippen LogP contribution is 2.46. The molecule has 8 aromatic carbocycles. The molecule has 5 heteroatoms. The molecule has 0 amide bonds. The molecule has 0 aliphatic rings. The second kappa shape index (κ2) is 13.3. The smallest absolute Gasteiger partial charge is 0.164 e. The molecule has 262 valence electrons. The van der Waals surface area contributed by atoms with Gasteiger partial charge in [0.1, 0.15) is 0 Å². The van der Waals surface area contributed by atoms with Crippen LogP contribution in [-0.2, 0) is 0 Å². The third kappa shape index (κ3) is 5.40. The van der Waals surface area contributed by atoms with Crippen LogP contribution in [0.3, 0.4) is 0 Å². The number of aromatic nitrogens is 4. The summed E-state index contributed by atoms with van der Waals surface area (Å²) < 4.78 is 5.02. The van der Waals surface area contributed by atoms with E-state index in [0.29, 0.717) is 17.5 Å². The molecule has 0 aliphatic heterocycles. The Morgan fingerprint density at radius 3 is 1.52 bits per heavy atom. The Bertz CT molecular complexity index is 3150. The first-order valence-electron chi connectivity index (χ1n) is 18.8. The lowest BCUT2D eigenvalue weighted by Gasteiger charge is -2.12. The van der Waals surface area contributed by atoms with Gasteiger partial charge in [0, 0.05) is 53.3 Å². The molecular formula is C51H32N4S. The summed E-state index contributed by atoms with van der Waals surface area (Å²) in [5.41, 5.74) is 11.2. The first-order chi connectivity index (χ1) is 27.8.